The highest BCUT2D eigenvalue weighted by Crippen LogP contribution is 2.24. The molecule has 2 heterocycles. The van der Waals surface area contributed by atoms with Gasteiger partial charge in [-0.15, -0.1) is 23.7 Å². The summed E-state index contributed by atoms with van der Waals surface area (Å²) in [5, 5.41) is 6.26. The predicted molar refractivity (Wildman–Crippen MR) is 73.7 cm³/mol. The van der Waals surface area contributed by atoms with Crippen LogP contribution in [0.25, 0.3) is 0 Å². The van der Waals surface area contributed by atoms with Crippen LogP contribution in [0.5, 0.6) is 0 Å². The molecule has 3 nitrogen and oxygen atoms in total. The first kappa shape index (κ1) is 14.5. The van der Waals surface area contributed by atoms with Crippen LogP contribution in [0, 0.1) is 12.3 Å². The average Bonchev–Trinajstić information content (AvgIpc) is 2.85. The van der Waals surface area contributed by atoms with Crippen molar-refractivity contribution in [1.29, 1.82) is 0 Å². The molecule has 1 aromatic rings. The second kappa shape index (κ2) is 5.85. The predicted octanol–water partition coefficient (Wildman–Crippen LogP) is 2.09. The van der Waals surface area contributed by atoms with Gasteiger partial charge in [-0.3, -0.25) is 4.79 Å². The van der Waals surface area contributed by atoms with Gasteiger partial charge >= 0.3 is 0 Å². The van der Waals surface area contributed by atoms with Crippen LogP contribution >= 0.6 is 23.7 Å². The Morgan fingerprint density at radius 3 is 2.88 bits per heavy atom. The Bertz CT molecular complexity index is 386. The molecule has 2 N–H and O–H groups in total. The van der Waals surface area contributed by atoms with Gasteiger partial charge in [-0.25, -0.2) is 0 Å². The number of thiophene rings is 1. The molecule has 1 atom stereocenters. The first-order valence-electron chi connectivity index (χ1n) is 5.64. The van der Waals surface area contributed by atoms with Crippen LogP contribution < -0.4 is 10.6 Å². The first-order chi connectivity index (χ1) is 7.60. The zero-order chi connectivity index (χ0) is 11.6. The molecular formula is C12H19ClN2OS. The van der Waals surface area contributed by atoms with Gasteiger partial charge in [0.25, 0.3) is 0 Å². The fraction of sp³-hybridized carbons (Fsp3) is 0.583. The fourth-order valence-corrected chi connectivity index (χ4v) is 2.80. The van der Waals surface area contributed by atoms with E-state index in [0.29, 0.717) is 6.54 Å². The normalized spacial score (nSPS) is 23.2. The SMILES string of the molecule is Cc1ccc(CNC(=O)C2(C)CCNC2)s1.Cl. The summed E-state index contributed by atoms with van der Waals surface area (Å²) < 4.78 is 0. The van der Waals surface area contributed by atoms with Gasteiger partial charge in [0.15, 0.2) is 0 Å². The maximum atomic E-state index is 12.0. The van der Waals surface area contributed by atoms with E-state index in [1.165, 1.54) is 9.75 Å². The third kappa shape index (κ3) is 3.44. The second-order valence-electron chi connectivity index (χ2n) is 4.68. The van der Waals surface area contributed by atoms with E-state index in [0.717, 1.165) is 19.5 Å². The van der Waals surface area contributed by atoms with Gasteiger partial charge in [0.1, 0.15) is 0 Å². The summed E-state index contributed by atoms with van der Waals surface area (Å²) >= 11 is 1.74. The molecule has 0 aromatic carbocycles. The molecule has 1 amide bonds. The van der Waals surface area contributed by atoms with Crippen molar-refractivity contribution in [1.82, 2.24) is 10.6 Å². The molecule has 0 saturated carbocycles. The van der Waals surface area contributed by atoms with Crippen molar-refractivity contribution in [2.75, 3.05) is 13.1 Å². The van der Waals surface area contributed by atoms with E-state index in [1.54, 1.807) is 11.3 Å². The largest absolute Gasteiger partial charge is 0.351 e. The maximum Gasteiger partial charge on any atom is 0.227 e. The van der Waals surface area contributed by atoms with E-state index in [2.05, 4.69) is 29.7 Å². The molecule has 0 bridgehead atoms. The van der Waals surface area contributed by atoms with Gasteiger partial charge in [-0.2, -0.15) is 0 Å². The highest BCUT2D eigenvalue weighted by Gasteiger charge is 2.35. The van der Waals surface area contributed by atoms with Crippen molar-refractivity contribution in [2.24, 2.45) is 5.41 Å². The van der Waals surface area contributed by atoms with Crippen LogP contribution in [-0.4, -0.2) is 19.0 Å². The molecule has 1 unspecified atom stereocenters. The molecule has 1 aromatic heterocycles. The minimum atomic E-state index is -0.216. The molecule has 1 saturated heterocycles. The van der Waals surface area contributed by atoms with Gasteiger partial charge in [0.05, 0.1) is 12.0 Å². The lowest BCUT2D eigenvalue weighted by Crippen LogP contribution is -2.39. The van der Waals surface area contributed by atoms with Gasteiger partial charge in [0.2, 0.25) is 5.91 Å². The second-order valence-corrected chi connectivity index (χ2v) is 6.05. The average molecular weight is 275 g/mol. The number of rotatable bonds is 3. The Hall–Kier alpha value is -0.580. The fourth-order valence-electron chi connectivity index (χ4n) is 1.97. The molecule has 1 fully saturated rings. The molecule has 1 aliphatic rings. The van der Waals surface area contributed by atoms with E-state index in [4.69, 9.17) is 0 Å². The standard InChI is InChI=1S/C12H18N2OS.ClH/c1-9-3-4-10(16-9)7-14-11(15)12(2)5-6-13-8-12;/h3-4,13H,5-8H2,1-2H3,(H,14,15);1H. The minimum Gasteiger partial charge on any atom is -0.351 e. The van der Waals surface area contributed by atoms with Crippen LogP contribution in [0.4, 0.5) is 0 Å². The van der Waals surface area contributed by atoms with Crippen molar-refractivity contribution >= 4 is 29.7 Å². The highest BCUT2D eigenvalue weighted by atomic mass is 35.5. The molecule has 2 rings (SSSR count). The van der Waals surface area contributed by atoms with Crippen LogP contribution in [-0.2, 0) is 11.3 Å². The topological polar surface area (TPSA) is 41.1 Å². The molecule has 0 spiro atoms. The zero-order valence-corrected chi connectivity index (χ0v) is 11.8. The summed E-state index contributed by atoms with van der Waals surface area (Å²) in [6.45, 7) is 6.51. The summed E-state index contributed by atoms with van der Waals surface area (Å²) in [6.07, 6.45) is 0.933. The van der Waals surface area contributed by atoms with Gasteiger partial charge in [0, 0.05) is 16.3 Å². The van der Waals surface area contributed by atoms with Gasteiger partial charge in [-0.05, 0) is 38.9 Å². The number of hydrogen-bond donors (Lipinski definition) is 2. The van der Waals surface area contributed by atoms with Crippen molar-refractivity contribution in [2.45, 2.75) is 26.8 Å². The Labute approximate surface area is 112 Å². The summed E-state index contributed by atoms with van der Waals surface area (Å²) in [5.41, 5.74) is -0.216. The van der Waals surface area contributed by atoms with E-state index in [1.807, 2.05) is 6.92 Å². The molecular weight excluding hydrogens is 256 g/mol. The number of aryl methyl sites for hydroxylation is 1. The Morgan fingerprint density at radius 2 is 2.35 bits per heavy atom. The zero-order valence-electron chi connectivity index (χ0n) is 10.2. The Morgan fingerprint density at radius 1 is 1.59 bits per heavy atom. The number of amides is 1. The van der Waals surface area contributed by atoms with Crippen molar-refractivity contribution in [3.05, 3.63) is 21.9 Å². The van der Waals surface area contributed by atoms with E-state index < -0.39 is 0 Å². The smallest absolute Gasteiger partial charge is 0.227 e. The lowest BCUT2D eigenvalue weighted by molar-refractivity contribution is -0.129. The maximum absolute atomic E-state index is 12.0. The van der Waals surface area contributed by atoms with Crippen LogP contribution in [0.2, 0.25) is 0 Å². The molecule has 1 aliphatic heterocycles. The van der Waals surface area contributed by atoms with Gasteiger partial charge < -0.3 is 10.6 Å². The summed E-state index contributed by atoms with van der Waals surface area (Å²) in [7, 11) is 0. The monoisotopic (exact) mass is 274 g/mol. The van der Waals surface area contributed by atoms with E-state index in [-0.39, 0.29) is 23.7 Å². The minimum absolute atomic E-state index is 0. The molecule has 17 heavy (non-hydrogen) atoms. The van der Waals surface area contributed by atoms with E-state index >= 15 is 0 Å². The number of halogens is 1. The van der Waals surface area contributed by atoms with Crippen molar-refractivity contribution in [3.63, 3.8) is 0 Å². The number of carbonyl (C=O) groups is 1. The van der Waals surface area contributed by atoms with Crippen LogP contribution in [0.3, 0.4) is 0 Å². The lowest BCUT2D eigenvalue weighted by Gasteiger charge is -2.21. The molecule has 96 valence electrons. The van der Waals surface area contributed by atoms with Crippen LogP contribution in [0.1, 0.15) is 23.1 Å². The Kier molecular flexibility index (Phi) is 4.98. The summed E-state index contributed by atoms with van der Waals surface area (Å²) in [4.78, 5) is 14.5. The third-order valence-corrected chi connectivity index (χ3v) is 4.14. The molecule has 0 radical (unpaired) electrons. The molecule has 5 heteroatoms. The Balaban J connectivity index is 0.00000144. The van der Waals surface area contributed by atoms with Crippen molar-refractivity contribution < 1.29 is 4.79 Å². The highest BCUT2D eigenvalue weighted by molar-refractivity contribution is 7.11. The quantitative estimate of drug-likeness (QED) is 0.886. The lowest BCUT2D eigenvalue weighted by atomic mass is 9.89. The van der Waals surface area contributed by atoms with Crippen LogP contribution in [0.15, 0.2) is 12.1 Å². The summed E-state index contributed by atoms with van der Waals surface area (Å²) in [6, 6.07) is 4.17. The van der Waals surface area contributed by atoms with Gasteiger partial charge in [-0.1, -0.05) is 0 Å². The number of hydrogen-bond acceptors (Lipinski definition) is 3. The third-order valence-electron chi connectivity index (χ3n) is 3.14. The summed E-state index contributed by atoms with van der Waals surface area (Å²) in [5.74, 6) is 0.170. The molecule has 0 aliphatic carbocycles. The first-order valence-corrected chi connectivity index (χ1v) is 6.46. The van der Waals surface area contributed by atoms with Crippen molar-refractivity contribution in [3.8, 4) is 0 Å². The number of nitrogens with one attached hydrogen (secondary N) is 2. The number of carbonyl (C=O) groups excluding carboxylic acids is 1. The van der Waals surface area contributed by atoms with E-state index in [9.17, 15) is 4.79 Å².